The van der Waals surface area contributed by atoms with Crippen LogP contribution < -0.4 is 26.4 Å². The lowest BCUT2D eigenvalue weighted by molar-refractivity contribution is -0.110. The van der Waals surface area contributed by atoms with Crippen LogP contribution in [-0.2, 0) is 17.8 Å². The van der Waals surface area contributed by atoms with Gasteiger partial charge in [-0.2, -0.15) is 11.1 Å². The van der Waals surface area contributed by atoms with E-state index in [0.717, 1.165) is 24.2 Å². The molecule has 0 radical (unpaired) electrons. The summed E-state index contributed by atoms with van der Waals surface area (Å²) >= 11 is 0. The van der Waals surface area contributed by atoms with Crippen molar-refractivity contribution in [3.8, 4) is 0 Å². The van der Waals surface area contributed by atoms with E-state index in [0.29, 0.717) is 18.8 Å². The van der Waals surface area contributed by atoms with Gasteiger partial charge in [-0.05, 0) is 18.1 Å². The predicted octanol–water partition coefficient (Wildman–Crippen LogP) is 1.37. The van der Waals surface area contributed by atoms with Crippen molar-refractivity contribution < 1.29 is 9.21 Å². The average molecular weight is 332 g/mol. The highest BCUT2D eigenvalue weighted by Gasteiger charge is 2.17. The van der Waals surface area contributed by atoms with Crippen molar-refractivity contribution >= 4 is 17.8 Å². The Morgan fingerprint density at radius 3 is 2.83 bits per heavy atom. The molecule has 1 heterocycles. The molecule has 24 heavy (non-hydrogen) atoms. The largest absolute Gasteiger partial charge is 0.447 e. The Labute approximate surface area is 141 Å². The van der Waals surface area contributed by atoms with Crippen LogP contribution in [0.15, 0.2) is 35.1 Å². The third kappa shape index (κ3) is 4.46. The van der Waals surface area contributed by atoms with Gasteiger partial charge in [-0.3, -0.25) is 15.2 Å². The van der Waals surface area contributed by atoms with Crippen molar-refractivity contribution in [2.75, 3.05) is 24.0 Å². The van der Waals surface area contributed by atoms with Crippen molar-refractivity contribution in [2.24, 2.45) is 0 Å². The Kier molecular flexibility index (Phi) is 6.59. The Hall–Kier alpha value is -2.58. The van der Waals surface area contributed by atoms with E-state index in [9.17, 15) is 4.79 Å². The fourth-order valence-electron chi connectivity index (χ4n) is 2.58. The zero-order valence-electron chi connectivity index (χ0n) is 14.2. The lowest BCUT2D eigenvalue weighted by atomic mass is 10.1. The number of hydrazine groups is 3. The molecule has 130 valence electrons. The second-order valence-corrected chi connectivity index (χ2v) is 5.37. The number of carbonyl (C=O) groups excluding carboxylic acids is 1. The number of oxazole rings is 1. The average Bonchev–Trinajstić information content (AvgIpc) is 3.08. The molecule has 1 aromatic carbocycles. The minimum atomic E-state index is 0.559. The van der Waals surface area contributed by atoms with Gasteiger partial charge in [-0.1, -0.05) is 25.5 Å². The molecule has 0 aliphatic rings. The number of nitrogens with one attached hydrogen (secondary N) is 3. The second kappa shape index (κ2) is 8.90. The van der Waals surface area contributed by atoms with E-state index in [2.05, 4.69) is 39.4 Å². The van der Waals surface area contributed by atoms with Crippen LogP contribution >= 0.6 is 0 Å². The highest BCUT2D eigenvalue weighted by Crippen LogP contribution is 2.32. The van der Waals surface area contributed by atoms with Gasteiger partial charge < -0.3 is 9.32 Å². The summed E-state index contributed by atoms with van der Waals surface area (Å²) < 4.78 is 5.36. The number of anilines is 2. The number of hydrogen-bond acceptors (Lipinski definition) is 7. The van der Waals surface area contributed by atoms with E-state index < -0.39 is 0 Å². The molecule has 3 N–H and O–H groups in total. The number of benzene rings is 1. The number of rotatable bonds is 10. The highest BCUT2D eigenvalue weighted by molar-refractivity contribution is 5.74. The van der Waals surface area contributed by atoms with Gasteiger partial charge in [0.1, 0.15) is 6.26 Å². The molecular formula is C16H24N6O2. The van der Waals surface area contributed by atoms with Gasteiger partial charge in [-0.15, -0.1) is 0 Å². The third-order valence-electron chi connectivity index (χ3n) is 3.57. The quantitative estimate of drug-likeness (QED) is 0.344. The van der Waals surface area contributed by atoms with Gasteiger partial charge in [-0.25, -0.2) is 4.98 Å². The smallest absolute Gasteiger partial charge is 0.222 e. The van der Waals surface area contributed by atoms with Gasteiger partial charge in [0, 0.05) is 14.1 Å². The summed E-state index contributed by atoms with van der Waals surface area (Å²) in [6.45, 7) is 2.72. The van der Waals surface area contributed by atoms with Gasteiger partial charge in [0.25, 0.3) is 0 Å². The van der Waals surface area contributed by atoms with E-state index >= 15 is 0 Å². The summed E-state index contributed by atoms with van der Waals surface area (Å²) in [6.07, 6.45) is 5.79. The van der Waals surface area contributed by atoms with Crippen LogP contribution in [0, 0.1) is 0 Å². The molecule has 1 aromatic heterocycles. The standard InChI is InChI=1S/C16H24N6O2/c1-4-6-13-7-5-8-14(22(3)20-19-18-12-23)16(13)21(2)11-15-17-9-10-24-15/h5,7-10,12,19-20H,4,6,11H2,1-3H3,(H,18,23). The first-order chi connectivity index (χ1) is 11.7. The molecule has 2 rings (SSSR count). The van der Waals surface area contributed by atoms with E-state index in [4.69, 9.17) is 4.42 Å². The van der Waals surface area contributed by atoms with Crippen molar-refractivity contribution in [2.45, 2.75) is 26.3 Å². The number of para-hydroxylation sites is 1. The van der Waals surface area contributed by atoms with Crippen LogP contribution in [0.25, 0.3) is 0 Å². The maximum Gasteiger partial charge on any atom is 0.222 e. The number of amides is 1. The molecule has 0 saturated carbocycles. The zero-order valence-corrected chi connectivity index (χ0v) is 14.2. The van der Waals surface area contributed by atoms with E-state index in [-0.39, 0.29) is 0 Å². The molecular weight excluding hydrogens is 308 g/mol. The Morgan fingerprint density at radius 1 is 1.33 bits per heavy atom. The lowest BCUT2D eigenvalue weighted by Gasteiger charge is -2.29. The van der Waals surface area contributed by atoms with Crippen molar-refractivity contribution in [1.82, 2.24) is 21.5 Å². The summed E-state index contributed by atoms with van der Waals surface area (Å²) in [5.41, 5.74) is 11.1. The van der Waals surface area contributed by atoms with Crippen molar-refractivity contribution in [3.63, 3.8) is 0 Å². The number of aromatic nitrogens is 1. The molecule has 8 heteroatoms. The maximum atomic E-state index is 10.4. The monoisotopic (exact) mass is 332 g/mol. The molecule has 8 nitrogen and oxygen atoms in total. The summed E-state index contributed by atoms with van der Waals surface area (Å²) in [4.78, 5) is 16.7. The van der Waals surface area contributed by atoms with Crippen LogP contribution in [0.4, 0.5) is 11.4 Å². The minimum Gasteiger partial charge on any atom is -0.447 e. The SMILES string of the molecule is CCCc1cccc(N(C)NNNC=O)c1N(C)Cc1ncco1. The topological polar surface area (TPSA) is 85.7 Å². The zero-order chi connectivity index (χ0) is 17.4. The van der Waals surface area contributed by atoms with Crippen LogP contribution in [0.3, 0.4) is 0 Å². The molecule has 0 bridgehead atoms. The summed E-state index contributed by atoms with van der Waals surface area (Å²) in [5.74, 6) is 0.658. The van der Waals surface area contributed by atoms with Crippen molar-refractivity contribution in [1.29, 1.82) is 0 Å². The molecule has 0 fully saturated rings. The van der Waals surface area contributed by atoms with Gasteiger partial charge >= 0.3 is 0 Å². The minimum absolute atomic E-state index is 0.559. The first-order valence-corrected chi connectivity index (χ1v) is 7.82. The van der Waals surface area contributed by atoms with E-state index in [1.54, 1.807) is 17.5 Å². The lowest BCUT2D eigenvalue weighted by Crippen LogP contribution is -2.51. The molecule has 2 aromatic rings. The van der Waals surface area contributed by atoms with E-state index in [1.165, 1.54) is 5.56 Å². The van der Waals surface area contributed by atoms with Gasteiger partial charge in [0.05, 0.1) is 24.1 Å². The fourth-order valence-corrected chi connectivity index (χ4v) is 2.58. The number of hydrogen-bond donors (Lipinski definition) is 3. The molecule has 1 amide bonds. The number of nitrogens with zero attached hydrogens (tertiary/aromatic N) is 3. The Balaban J connectivity index is 2.28. The third-order valence-corrected chi connectivity index (χ3v) is 3.57. The molecule has 0 aliphatic carbocycles. The van der Waals surface area contributed by atoms with Crippen LogP contribution in [-0.4, -0.2) is 25.5 Å². The normalized spacial score (nSPS) is 10.5. The molecule has 0 unspecified atom stereocenters. The van der Waals surface area contributed by atoms with Crippen LogP contribution in [0.2, 0.25) is 0 Å². The number of aryl methyl sites for hydroxylation is 1. The highest BCUT2D eigenvalue weighted by atomic mass is 16.3. The molecule has 0 saturated heterocycles. The first-order valence-electron chi connectivity index (χ1n) is 7.82. The second-order valence-electron chi connectivity index (χ2n) is 5.37. The fraction of sp³-hybridized carbons (Fsp3) is 0.375. The number of carbonyl (C=O) groups is 1. The summed E-state index contributed by atoms with van der Waals surface area (Å²) in [6, 6.07) is 6.16. The Bertz CT molecular complexity index is 632. The predicted molar refractivity (Wildman–Crippen MR) is 92.9 cm³/mol. The maximum absolute atomic E-state index is 10.4. The van der Waals surface area contributed by atoms with Gasteiger partial charge in [0.2, 0.25) is 12.3 Å². The van der Waals surface area contributed by atoms with Crippen LogP contribution in [0.5, 0.6) is 0 Å². The molecule has 0 aliphatic heterocycles. The Morgan fingerprint density at radius 2 is 2.17 bits per heavy atom. The van der Waals surface area contributed by atoms with Crippen molar-refractivity contribution in [3.05, 3.63) is 42.1 Å². The molecule has 0 spiro atoms. The van der Waals surface area contributed by atoms with Crippen LogP contribution in [0.1, 0.15) is 24.8 Å². The molecule has 0 atom stereocenters. The summed E-state index contributed by atoms with van der Waals surface area (Å²) in [7, 11) is 3.88. The van der Waals surface area contributed by atoms with Gasteiger partial charge in [0.15, 0.2) is 0 Å². The van der Waals surface area contributed by atoms with E-state index in [1.807, 2.05) is 26.2 Å². The first kappa shape index (κ1) is 17.8. The summed E-state index contributed by atoms with van der Waals surface area (Å²) in [5, 5.41) is 1.80.